The number of benzene rings is 1. The molecule has 5 nitrogen and oxygen atoms in total. The third-order valence-electron chi connectivity index (χ3n) is 3.90. The Hall–Kier alpha value is -1.46. The van der Waals surface area contributed by atoms with Gasteiger partial charge in [-0.1, -0.05) is 0 Å². The van der Waals surface area contributed by atoms with E-state index in [1.54, 1.807) is 14.2 Å². The lowest BCUT2D eigenvalue weighted by Gasteiger charge is -2.15. The lowest BCUT2D eigenvalue weighted by Crippen LogP contribution is -2.24. The van der Waals surface area contributed by atoms with Gasteiger partial charge in [-0.3, -0.25) is 0 Å². The van der Waals surface area contributed by atoms with Crippen LogP contribution in [-0.2, 0) is 6.54 Å². The fourth-order valence-corrected chi connectivity index (χ4v) is 2.72. The molecule has 5 heteroatoms. The Balaban J connectivity index is 1.77. The number of hydrogen-bond acceptors (Lipinski definition) is 5. The minimum atomic E-state index is 0.0535. The molecule has 1 heterocycles. The molecule has 1 aromatic carbocycles. The summed E-state index contributed by atoms with van der Waals surface area (Å²) in [6.07, 6.45) is 3.85. The van der Waals surface area contributed by atoms with Crippen molar-refractivity contribution in [1.82, 2.24) is 10.2 Å². The van der Waals surface area contributed by atoms with Gasteiger partial charge in [0.1, 0.15) is 0 Å². The maximum Gasteiger partial charge on any atom is 0.200 e. The minimum absolute atomic E-state index is 0.0535. The zero-order valence-electron chi connectivity index (χ0n) is 13.0. The van der Waals surface area contributed by atoms with Crippen molar-refractivity contribution in [2.24, 2.45) is 0 Å². The average Bonchev–Trinajstić information content (AvgIpc) is 3.01. The van der Waals surface area contributed by atoms with Crippen molar-refractivity contribution in [3.63, 3.8) is 0 Å². The number of hydrogen-bond donors (Lipinski definition) is 2. The van der Waals surface area contributed by atoms with Gasteiger partial charge in [0, 0.05) is 6.54 Å². The molecule has 0 bridgehead atoms. The predicted molar refractivity (Wildman–Crippen MR) is 83.2 cm³/mol. The van der Waals surface area contributed by atoms with E-state index in [9.17, 15) is 5.11 Å². The Bertz CT molecular complexity index is 420. The molecule has 0 unspecified atom stereocenters. The molecule has 21 heavy (non-hydrogen) atoms. The molecule has 118 valence electrons. The first kappa shape index (κ1) is 15.9. The molecule has 0 aromatic heterocycles. The number of phenols is 1. The molecule has 0 spiro atoms. The molecule has 2 rings (SSSR count). The summed E-state index contributed by atoms with van der Waals surface area (Å²) in [7, 11) is 3.09. The summed E-state index contributed by atoms with van der Waals surface area (Å²) in [4.78, 5) is 2.52. The Morgan fingerprint density at radius 2 is 1.76 bits per heavy atom. The van der Waals surface area contributed by atoms with Gasteiger partial charge in [-0.15, -0.1) is 0 Å². The van der Waals surface area contributed by atoms with Crippen molar-refractivity contribution in [2.45, 2.75) is 25.8 Å². The molecule has 1 saturated heterocycles. The first-order chi connectivity index (χ1) is 10.2. The molecule has 2 N–H and O–H groups in total. The third-order valence-corrected chi connectivity index (χ3v) is 3.90. The van der Waals surface area contributed by atoms with Crippen molar-refractivity contribution in [3.05, 3.63) is 17.7 Å². The number of ether oxygens (including phenoxy) is 2. The van der Waals surface area contributed by atoms with E-state index in [1.165, 1.54) is 32.5 Å². The van der Waals surface area contributed by atoms with Crippen molar-refractivity contribution >= 4 is 0 Å². The first-order valence-electron chi connectivity index (χ1n) is 7.61. The van der Waals surface area contributed by atoms with E-state index in [0.717, 1.165) is 25.1 Å². The number of phenolic OH excluding ortho intramolecular Hbond substituents is 1. The molecule has 0 aliphatic carbocycles. The van der Waals surface area contributed by atoms with Crippen LogP contribution in [0.25, 0.3) is 0 Å². The highest BCUT2D eigenvalue weighted by Gasteiger charge is 2.12. The second kappa shape index (κ2) is 8.10. The summed E-state index contributed by atoms with van der Waals surface area (Å²) in [6.45, 7) is 5.42. The van der Waals surface area contributed by atoms with Crippen molar-refractivity contribution in [2.75, 3.05) is 40.4 Å². The highest BCUT2D eigenvalue weighted by molar-refractivity contribution is 5.52. The second-order valence-electron chi connectivity index (χ2n) is 5.43. The summed E-state index contributed by atoms with van der Waals surface area (Å²) >= 11 is 0. The van der Waals surface area contributed by atoms with Gasteiger partial charge >= 0.3 is 0 Å². The van der Waals surface area contributed by atoms with Crippen LogP contribution in [0.5, 0.6) is 17.2 Å². The average molecular weight is 294 g/mol. The van der Waals surface area contributed by atoms with Crippen molar-refractivity contribution in [1.29, 1.82) is 0 Å². The molecule has 0 atom stereocenters. The Morgan fingerprint density at radius 3 is 2.33 bits per heavy atom. The molecule has 0 radical (unpaired) electrons. The predicted octanol–water partition coefficient (Wildman–Crippen LogP) is 1.98. The Kier molecular flexibility index (Phi) is 6.14. The summed E-state index contributed by atoms with van der Waals surface area (Å²) < 4.78 is 10.3. The first-order valence-corrected chi connectivity index (χ1v) is 7.61. The van der Waals surface area contributed by atoms with Crippen LogP contribution in [0.15, 0.2) is 12.1 Å². The lowest BCUT2D eigenvalue weighted by molar-refractivity contribution is 0.330. The van der Waals surface area contributed by atoms with E-state index in [4.69, 9.17) is 9.47 Å². The molecule has 1 aromatic rings. The van der Waals surface area contributed by atoms with Crippen LogP contribution in [-0.4, -0.2) is 50.4 Å². The number of rotatable bonds is 8. The van der Waals surface area contributed by atoms with Crippen LogP contribution in [0, 0.1) is 0 Å². The molecule has 1 fully saturated rings. The fourth-order valence-electron chi connectivity index (χ4n) is 2.72. The minimum Gasteiger partial charge on any atom is -0.502 e. The Labute approximate surface area is 126 Å². The highest BCUT2D eigenvalue weighted by Crippen LogP contribution is 2.36. The largest absolute Gasteiger partial charge is 0.502 e. The van der Waals surface area contributed by atoms with E-state index in [1.807, 2.05) is 12.1 Å². The molecular formula is C16H26N2O3. The third kappa shape index (κ3) is 4.51. The SMILES string of the molecule is COc1cc(CNCCCN2CCCC2)cc(OC)c1O. The number of aromatic hydroxyl groups is 1. The van der Waals surface area contributed by atoms with Crippen LogP contribution in [0.3, 0.4) is 0 Å². The highest BCUT2D eigenvalue weighted by atomic mass is 16.5. The molecular weight excluding hydrogens is 268 g/mol. The molecule has 1 aliphatic heterocycles. The van der Waals surface area contributed by atoms with Crippen LogP contribution in [0.4, 0.5) is 0 Å². The molecule has 0 amide bonds. The Morgan fingerprint density at radius 1 is 1.14 bits per heavy atom. The zero-order chi connectivity index (χ0) is 15.1. The van der Waals surface area contributed by atoms with Gasteiger partial charge in [0.05, 0.1) is 14.2 Å². The van der Waals surface area contributed by atoms with E-state index < -0.39 is 0 Å². The van der Waals surface area contributed by atoms with E-state index in [2.05, 4.69) is 10.2 Å². The van der Waals surface area contributed by atoms with Gasteiger partial charge in [0.25, 0.3) is 0 Å². The van der Waals surface area contributed by atoms with Crippen molar-refractivity contribution in [3.8, 4) is 17.2 Å². The summed E-state index contributed by atoms with van der Waals surface area (Å²) in [5, 5.41) is 13.3. The number of likely N-dealkylation sites (tertiary alicyclic amines) is 1. The quantitative estimate of drug-likeness (QED) is 0.718. The number of methoxy groups -OCH3 is 2. The van der Waals surface area contributed by atoms with Gasteiger partial charge in [-0.2, -0.15) is 0 Å². The van der Waals surface area contributed by atoms with Gasteiger partial charge in [-0.25, -0.2) is 0 Å². The number of nitrogens with one attached hydrogen (secondary N) is 1. The van der Waals surface area contributed by atoms with E-state index in [0.29, 0.717) is 11.5 Å². The lowest BCUT2D eigenvalue weighted by atomic mass is 10.2. The molecule has 0 saturated carbocycles. The summed E-state index contributed by atoms with van der Waals surface area (Å²) in [5.74, 6) is 0.948. The summed E-state index contributed by atoms with van der Waals surface area (Å²) in [5.41, 5.74) is 1.04. The fraction of sp³-hybridized carbons (Fsp3) is 0.625. The van der Waals surface area contributed by atoms with Gasteiger partial charge in [-0.05, 0) is 63.1 Å². The standard InChI is InChI=1S/C16H26N2O3/c1-20-14-10-13(11-15(21-2)16(14)19)12-17-6-5-9-18-7-3-4-8-18/h10-11,17,19H,3-9,12H2,1-2H3. The summed E-state index contributed by atoms with van der Waals surface area (Å²) in [6, 6.07) is 3.68. The van der Waals surface area contributed by atoms with E-state index >= 15 is 0 Å². The van der Waals surface area contributed by atoms with Gasteiger partial charge in [0.2, 0.25) is 5.75 Å². The van der Waals surface area contributed by atoms with E-state index in [-0.39, 0.29) is 5.75 Å². The zero-order valence-corrected chi connectivity index (χ0v) is 13.0. The maximum absolute atomic E-state index is 9.87. The van der Waals surface area contributed by atoms with Crippen molar-refractivity contribution < 1.29 is 14.6 Å². The second-order valence-corrected chi connectivity index (χ2v) is 5.43. The smallest absolute Gasteiger partial charge is 0.200 e. The molecule has 1 aliphatic rings. The van der Waals surface area contributed by atoms with Crippen LogP contribution in [0.2, 0.25) is 0 Å². The van der Waals surface area contributed by atoms with Gasteiger partial charge in [0.15, 0.2) is 11.5 Å². The maximum atomic E-state index is 9.87. The number of nitrogens with zero attached hydrogens (tertiary/aromatic N) is 1. The topological polar surface area (TPSA) is 54.0 Å². The van der Waals surface area contributed by atoms with Gasteiger partial charge < -0.3 is 24.8 Å². The monoisotopic (exact) mass is 294 g/mol. The normalized spacial score (nSPS) is 15.3. The van der Waals surface area contributed by atoms with Crippen LogP contribution in [0.1, 0.15) is 24.8 Å². The van der Waals surface area contributed by atoms with Crippen LogP contribution < -0.4 is 14.8 Å². The van der Waals surface area contributed by atoms with Crippen LogP contribution >= 0.6 is 0 Å².